The van der Waals surface area contributed by atoms with E-state index in [0.717, 1.165) is 0 Å². The fraction of sp³-hybridized carbons (Fsp3) is 0.571. The van der Waals surface area contributed by atoms with Gasteiger partial charge in [-0.2, -0.15) is 5.10 Å². The third-order valence-corrected chi connectivity index (χ3v) is 1.83. The maximum absolute atomic E-state index is 5.71. The molecule has 3 N–H and O–H groups in total. The molecule has 0 radical (unpaired) electrons. The molecule has 2 heterocycles. The SMILES string of the molecule is N[C@H]1COC[C@H]1Oc1cn[nH]c1. The number of nitrogens with two attached hydrogens (primary N) is 1. The van der Waals surface area contributed by atoms with Crippen LogP contribution < -0.4 is 10.5 Å². The molecule has 0 bridgehead atoms. The Hall–Kier alpha value is -1.07. The van der Waals surface area contributed by atoms with Crippen molar-refractivity contribution in [1.29, 1.82) is 0 Å². The molecular formula is C7H11N3O2. The highest BCUT2D eigenvalue weighted by Gasteiger charge is 2.26. The van der Waals surface area contributed by atoms with Crippen molar-refractivity contribution in [2.45, 2.75) is 12.1 Å². The molecule has 12 heavy (non-hydrogen) atoms. The van der Waals surface area contributed by atoms with Crippen LogP contribution in [0.2, 0.25) is 0 Å². The van der Waals surface area contributed by atoms with Gasteiger partial charge in [0.15, 0.2) is 5.75 Å². The first-order chi connectivity index (χ1) is 5.86. The van der Waals surface area contributed by atoms with Crippen LogP contribution in [0.4, 0.5) is 0 Å². The van der Waals surface area contributed by atoms with Gasteiger partial charge in [0.25, 0.3) is 0 Å². The van der Waals surface area contributed by atoms with Crippen molar-refractivity contribution in [3.8, 4) is 5.75 Å². The third kappa shape index (κ3) is 1.41. The van der Waals surface area contributed by atoms with E-state index in [1.165, 1.54) is 0 Å². The number of rotatable bonds is 2. The van der Waals surface area contributed by atoms with E-state index in [1.807, 2.05) is 0 Å². The van der Waals surface area contributed by atoms with Crippen molar-refractivity contribution < 1.29 is 9.47 Å². The maximum atomic E-state index is 5.71. The topological polar surface area (TPSA) is 73.2 Å². The van der Waals surface area contributed by atoms with E-state index in [1.54, 1.807) is 12.4 Å². The minimum Gasteiger partial charge on any atom is -0.483 e. The number of aromatic amines is 1. The summed E-state index contributed by atoms with van der Waals surface area (Å²) in [7, 11) is 0. The lowest BCUT2D eigenvalue weighted by atomic mass is 10.2. The van der Waals surface area contributed by atoms with Gasteiger partial charge in [0, 0.05) is 0 Å². The van der Waals surface area contributed by atoms with Gasteiger partial charge in [-0.25, -0.2) is 0 Å². The van der Waals surface area contributed by atoms with E-state index in [-0.39, 0.29) is 12.1 Å². The highest BCUT2D eigenvalue weighted by Crippen LogP contribution is 2.13. The second kappa shape index (κ2) is 3.12. The molecule has 0 aliphatic carbocycles. The minimum atomic E-state index is -0.0393. The van der Waals surface area contributed by atoms with Crippen LogP contribution in [0, 0.1) is 0 Å². The molecule has 1 aromatic rings. The van der Waals surface area contributed by atoms with Gasteiger partial charge in [0.2, 0.25) is 0 Å². The van der Waals surface area contributed by atoms with Gasteiger partial charge in [-0.05, 0) is 0 Å². The summed E-state index contributed by atoms with van der Waals surface area (Å²) in [5.74, 6) is 0.709. The molecule has 0 aromatic carbocycles. The van der Waals surface area contributed by atoms with Gasteiger partial charge < -0.3 is 15.2 Å². The average molecular weight is 169 g/mol. The summed E-state index contributed by atoms with van der Waals surface area (Å²) in [5.41, 5.74) is 5.71. The number of ether oxygens (including phenoxy) is 2. The van der Waals surface area contributed by atoms with Crippen LogP contribution in [0.1, 0.15) is 0 Å². The van der Waals surface area contributed by atoms with E-state index >= 15 is 0 Å². The fourth-order valence-electron chi connectivity index (χ4n) is 1.15. The molecular weight excluding hydrogens is 158 g/mol. The first kappa shape index (κ1) is 7.57. The Morgan fingerprint density at radius 1 is 1.67 bits per heavy atom. The van der Waals surface area contributed by atoms with Crippen LogP contribution in [-0.2, 0) is 4.74 Å². The minimum absolute atomic E-state index is 0.0279. The summed E-state index contributed by atoms with van der Waals surface area (Å²) in [6.45, 7) is 1.13. The van der Waals surface area contributed by atoms with E-state index < -0.39 is 0 Å². The first-order valence-corrected chi connectivity index (χ1v) is 3.85. The van der Waals surface area contributed by atoms with Crippen LogP contribution in [0.15, 0.2) is 12.4 Å². The lowest BCUT2D eigenvalue weighted by molar-refractivity contribution is 0.140. The molecule has 1 fully saturated rings. The maximum Gasteiger partial charge on any atom is 0.157 e. The summed E-state index contributed by atoms with van der Waals surface area (Å²) >= 11 is 0. The van der Waals surface area contributed by atoms with Crippen molar-refractivity contribution >= 4 is 0 Å². The number of nitrogens with zero attached hydrogens (tertiary/aromatic N) is 1. The molecule has 1 aromatic heterocycles. The monoisotopic (exact) mass is 169 g/mol. The summed E-state index contributed by atoms with van der Waals surface area (Å²) < 4.78 is 10.6. The van der Waals surface area contributed by atoms with Crippen molar-refractivity contribution in [3.63, 3.8) is 0 Å². The van der Waals surface area contributed by atoms with Crippen molar-refractivity contribution in [1.82, 2.24) is 10.2 Å². The smallest absolute Gasteiger partial charge is 0.157 e. The number of hydrogen-bond donors (Lipinski definition) is 2. The Morgan fingerprint density at radius 2 is 2.58 bits per heavy atom. The Morgan fingerprint density at radius 3 is 3.17 bits per heavy atom. The Labute approximate surface area is 69.8 Å². The van der Waals surface area contributed by atoms with E-state index in [2.05, 4.69) is 10.2 Å². The first-order valence-electron chi connectivity index (χ1n) is 3.85. The van der Waals surface area contributed by atoms with Gasteiger partial charge >= 0.3 is 0 Å². The van der Waals surface area contributed by atoms with Crippen LogP contribution >= 0.6 is 0 Å². The molecule has 0 saturated carbocycles. The molecule has 0 amide bonds. The standard InChI is InChI=1S/C7H11N3O2/c8-6-3-11-4-7(6)12-5-1-9-10-2-5/h1-2,6-7H,3-4,8H2,(H,9,10)/t6-,7+/m0/s1. The molecule has 1 aliphatic heterocycles. The molecule has 0 spiro atoms. The molecule has 1 aliphatic rings. The predicted octanol–water partition coefficient (Wildman–Crippen LogP) is -0.485. The number of H-pyrrole nitrogens is 1. The average Bonchev–Trinajstić information content (AvgIpc) is 2.65. The summed E-state index contributed by atoms with van der Waals surface area (Å²) in [4.78, 5) is 0. The van der Waals surface area contributed by atoms with E-state index in [0.29, 0.717) is 19.0 Å². The number of hydrogen-bond acceptors (Lipinski definition) is 4. The van der Waals surface area contributed by atoms with Crippen molar-refractivity contribution in [3.05, 3.63) is 12.4 Å². The van der Waals surface area contributed by atoms with Crippen LogP contribution in [0.5, 0.6) is 5.75 Å². The van der Waals surface area contributed by atoms with Crippen molar-refractivity contribution in [2.24, 2.45) is 5.73 Å². The highest BCUT2D eigenvalue weighted by atomic mass is 16.5. The van der Waals surface area contributed by atoms with Gasteiger partial charge in [-0.1, -0.05) is 0 Å². The van der Waals surface area contributed by atoms with E-state index in [4.69, 9.17) is 15.2 Å². The second-order valence-electron chi connectivity index (χ2n) is 2.79. The summed E-state index contributed by atoms with van der Waals surface area (Å²) in [5, 5.41) is 6.42. The van der Waals surface area contributed by atoms with E-state index in [9.17, 15) is 0 Å². The fourth-order valence-corrected chi connectivity index (χ4v) is 1.15. The third-order valence-electron chi connectivity index (χ3n) is 1.83. The van der Waals surface area contributed by atoms with Crippen LogP contribution in [0.25, 0.3) is 0 Å². The quantitative estimate of drug-likeness (QED) is 0.626. The number of aromatic nitrogens is 2. The Bertz CT molecular complexity index is 237. The summed E-state index contributed by atoms with van der Waals surface area (Å²) in [6, 6.07) is -0.0279. The van der Waals surface area contributed by atoms with Crippen LogP contribution in [-0.4, -0.2) is 35.6 Å². The highest BCUT2D eigenvalue weighted by molar-refractivity contribution is 5.11. The molecule has 2 atom stereocenters. The van der Waals surface area contributed by atoms with Crippen LogP contribution in [0.3, 0.4) is 0 Å². The molecule has 5 heteroatoms. The molecule has 1 saturated heterocycles. The molecule has 66 valence electrons. The lowest BCUT2D eigenvalue weighted by Crippen LogP contribution is -2.37. The molecule has 5 nitrogen and oxygen atoms in total. The lowest BCUT2D eigenvalue weighted by Gasteiger charge is -2.13. The second-order valence-corrected chi connectivity index (χ2v) is 2.79. The molecule has 2 rings (SSSR count). The normalized spacial score (nSPS) is 29.1. The predicted molar refractivity (Wildman–Crippen MR) is 41.8 cm³/mol. The van der Waals surface area contributed by atoms with Gasteiger partial charge in [-0.15, -0.1) is 0 Å². The zero-order valence-electron chi connectivity index (χ0n) is 6.56. The summed E-state index contributed by atoms with van der Waals surface area (Å²) in [6.07, 6.45) is 3.26. The number of nitrogens with one attached hydrogen (secondary N) is 1. The molecule has 0 unspecified atom stereocenters. The van der Waals surface area contributed by atoms with Crippen molar-refractivity contribution in [2.75, 3.05) is 13.2 Å². The Balaban J connectivity index is 1.95. The zero-order valence-corrected chi connectivity index (χ0v) is 6.56. The van der Waals surface area contributed by atoms with Gasteiger partial charge in [0.05, 0.1) is 31.6 Å². The van der Waals surface area contributed by atoms with Gasteiger partial charge in [0.1, 0.15) is 6.10 Å². The largest absolute Gasteiger partial charge is 0.483 e. The Kier molecular flexibility index (Phi) is 1.97. The zero-order chi connectivity index (χ0) is 8.39. The van der Waals surface area contributed by atoms with Gasteiger partial charge in [-0.3, -0.25) is 5.10 Å².